The van der Waals surface area contributed by atoms with Gasteiger partial charge >= 0.3 is 12.1 Å². The summed E-state index contributed by atoms with van der Waals surface area (Å²) in [6.45, 7) is 0.585. The van der Waals surface area contributed by atoms with E-state index in [1.54, 1.807) is 0 Å². The van der Waals surface area contributed by atoms with E-state index in [0.29, 0.717) is 6.61 Å². The minimum absolute atomic E-state index is 0.181. The summed E-state index contributed by atoms with van der Waals surface area (Å²) in [5, 5.41) is 2.52. The lowest BCUT2D eigenvalue weighted by Gasteiger charge is -2.14. The van der Waals surface area contributed by atoms with E-state index in [1.807, 2.05) is 30.3 Å². The quantitative estimate of drug-likeness (QED) is 0.799. The Balaban J connectivity index is 1.84. The molecule has 0 spiro atoms. The van der Waals surface area contributed by atoms with Gasteiger partial charge in [0.15, 0.2) is 0 Å². The van der Waals surface area contributed by atoms with Crippen molar-refractivity contribution in [2.24, 2.45) is 0 Å². The van der Waals surface area contributed by atoms with Crippen LogP contribution in [0.25, 0.3) is 0 Å². The molecule has 2 atom stereocenters. The van der Waals surface area contributed by atoms with Crippen LogP contribution >= 0.6 is 0 Å². The van der Waals surface area contributed by atoms with Crippen LogP contribution in [0.3, 0.4) is 0 Å². The van der Waals surface area contributed by atoms with E-state index in [2.05, 4.69) is 10.1 Å². The molecular weight excluding hydrogens is 250 g/mol. The molecular formula is C13H15NO5. The molecule has 0 unspecified atom stereocenters. The fraction of sp³-hybridized carbons (Fsp3) is 0.385. The van der Waals surface area contributed by atoms with E-state index >= 15 is 0 Å². The smallest absolute Gasteiger partial charge is 0.408 e. The summed E-state index contributed by atoms with van der Waals surface area (Å²) in [5.41, 5.74) is 1.02. The van der Waals surface area contributed by atoms with Gasteiger partial charge in [-0.25, -0.2) is 9.59 Å². The molecule has 1 fully saturated rings. The highest BCUT2D eigenvalue weighted by Crippen LogP contribution is 2.12. The van der Waals surface area contributed by atoms with Crippen molar-refractivity contribution in [3.05, 3.63) is 35.9 Å². The highest BCUT2D eigenvalue weighted by Gasteiger charge is 2.40. The topological polar surface area (TPSA) is 73.9 Å². The van der Waals surface area contributed by atoms with E-state index in [0.717, 1.165) is 5.56 Å². The average Bonchev–Trinajstić information content (AvgIpc) is 2.80. The first kappa shape index (κ1) is 13.4. The Morgan fingerprint density at radius 3 is 2.79 bits per heavy atom. The maximum atomic E-state index is 11.4. The summed E-state index contributed by atoms with van der Waals surface area (Å²) < 4.78 is 14.9. The lowest BCUT2D eigenvalue weighted by atomic mass is 10.2. The Kier molecular flexibility index (Phi) is 4.35. The highest BCUT2D eigenvalue weighted by molar-refractivity contribution is 5.83. The molecule has 0 aliphatic carbocycles. The number of esters is 1. The molecule has 1 N–H and O–H groups in total. The van der Waals surface area contributed by atoms with E-state index in [1.165, 1.54) is 7.11 Å². The van der Waals surface area contributed by atoms with Crippen LogP contribution in [0.4, 0.5) is 4.79 Å². The third-order valence-corrected chi connectivity index (χ3v) is 2.75. The van der Waals surface area contributed by atoms with Crippen LogP contribution in [0, 0.1) is 0 Å². The molecule has 1 saturated heterocycles. The predicted molar refractivity (Wildman–Crippen MR) is 65.3 cm³/mol. The van der Waals surface area contributed by atoms with Crippen molar-refractivity contribution in [1.82, 2.24) is 5.32 Å². The molecule has 1 aliphatic rings. The third kappa shape index (κ3) is 3.45. The predicted octanol–water partition coefficient (Wildman–Crippen LogP) is 0.853. The van der Waals surface area contributed by atoms with Gasteiger partial charge in [0, 0.05) is 0 Å². The summed E-state index contributed by atoms with van der Waals surface area (Å²) in [4.78, 5) is 22.5. The molecule has 6 heteroatoms. The van der Waals surface area contributed by atoms with Crippen molar-refractivity contribution >= 4 is 12.1 Å². The lowest BCUT2D eigenvalue weighted by Crippen LogP contribution is -2.40. The van der Waals surface area contributed by atoms with Gasteiger partial charge in [0.1, 0.15) is 6.04 Å². The van der Waals surface area contributed by atoms with Crippen LogP contribution in [0.1, 0.15) is 5.56 Å². The van der Waals surface area contributed by atoms with E-state index in [4.69, 9.17) is 9.47 Å². The molecule has 0 radical (unpaired) electrons. The fourth-order valence-electron chi connectivity index (χ4n) is 1.79. The maximum Gasteiger partial charge on any atom is 0.408 e. The van der Waals surface area contributed by atoms with Gasteiger partial charge in [-0.2, -0.15) is 0 Å². The second kappa shape index (κ2) is 6.19. The van der Waals surface area contributed by atoms with E-state index in [9.17, 15) is 9.59 Å². The van der Waals surface area contributed by atoms with Crippen molar-refractivity contribution in [1.29, 1.82) is 0 Å². The van der Waals surface area contributed by atoms with Gasteiger partial charge < -0.3 is 19.5 Å². The number of amides is 1. The number of cyclic esters (lactones) is 1. The van der Waals surface area contributed by atoms with Crippen LogP contribution in [-0.4, -0.2) is 37.9 Å². The Labute approximate surface area is 110 Å². The number of benzene rings is 1. The summed E-state index contributed by atoms with van der Waals surface area (Å²) in [7, 11) is 1.25. The summed E-state index contributed by atoms with van der Waals surface area (Å²) in [6, 6.07) is 9.08. The summed E-state index contributed by atoms with van der Waals surface area (Å²) >= 11 is 0. The number of rotatable bonds is 5. The standard InChI is InChI=1S/C13H15NO5/c1-17-12(15)11-10(14-13(16)19-11)8-18-7-9-5-3-2-4-6-9/h2-6,10-11H,7-8H2,1H3,(H,14,16)/t10-,11+/m0/s1. The number of alkyl carbamates (subject to hydrolysis) is 1. The zero-order chi connectivity index (χ0) is 13.7. The van der Waals surface area contributed by atoms with Gasteiger partial charge in [-0.15, -0.1) is 0 Å². The molecule has 2 rings (SSSR count). The molecule has 1 amide bonds. The summed E-state index contributed by atoms with van der Waals surface area (Å²) in [6.07, 6.45) is -1.59. The number of nitrogens with one attached hydrogen (secondary N) is 1. The van der Waals surface area contributed by atoms with Gasteiger partial charge in [0.2, 0.25) is 6.10 Å². The molecule has 1 aliphatic heterocycles. The molecule has 0 saturated carbocycles. The maximum absolute atomic E-state index is 11.4. The SMILES string of the molecule is COC(=O)[C@@H]1OC(=O)N[C@H]1COCc1ccccc1. The third-order valence-electron chi connectivity index (χ3n) is 2.75. The molecule has 102 valence electrons. The Morgan fingerprint density at radius 2 is 2.11 bits per heavy atom. The Bertz CT molecular complexity index is 448. The second-order valence-corrected chi connectivity index (χ2v) is 4.10. The van der Waals surface area contributed by atoms with Gasteiger partial charge in [-0.3, -0.25) is 0 Å². The van der Waals surface area contributed by atoms with Crippen molar-refractivity contribution in [2.45, 2.75) is 18.8 Å². The molecule has 0 aromatic heterocycles. The molecule has 6 nitrogen and oxygen atoms in total. The molecule has 19 heavy (non-hydrogen) atoms. The Morgan fingerprint density at radius 1 is 1.37 bits per heavy atom. The van der Waals surface area contributed by atoms with Crippen molar-refractivity contribution in [2.75, 3.05) is 13.7 Å². The van der Waals surface area contributed by atoms with Crippen LogP contribution in [0.5, 0.6) is 0 Å². The number of carbonyl (C=O) groups excluding carboxylic acids is 2. The summed E-state index contributed by atoms with van der Waals surface area (Å²) in [5.74, 6) is -0.591. The van der Waals surface area contributed by atoms with E-state index < -0.39 is 24.2 Å². The molecule has 1 aromatic rings. The zero-order valence-electron chi connectivity index (χ0n) is 10.5. The largest absolute Gasteiger partial charge is 0.466 e. The van der Waals surface area contributed by atoms with Crippen LogP contribution in [0.2, 0.25) is 0 Å². The molecule has 0 bridgehead atoms. The first-order valence-corrected chi connectivity index (χ1v) is 5.87. The highest BCUT2D eigenvalue weighted by atomic mass is 16.6. The number of carbonyl (C=O) groups is 2. The van der Waals surface area contributed by atoms with Gasteiger partial charge in [0.25, 0.3) is 0 Å². The number of hydrogen-bond acceptors (Lipinski definition) is 5. The first-order chi connectivity index (χ1) is 9.20. The van der Waals surface area contributed by atoms with E-state index in [-0.39, 0.29) is 6.61 Å². The number of methoxy groups -OCH3 is 1. The van der Waals surface area contributed by atoms with Crippen molar-refractivity contribution < 1.29 is 23.8 Å². The number of hydrogen-bond donors (Lipinski definition) is 1. The lowest BCUT2D eigenvalue weighted by molar-refractivity contribution is -0.150. The van der Waals surface area contributed by atoms with Crippen molar-refractivity contribution in [3.63, 3.8) is 0 Å². The number of ether oxygens (including phenoxy) is 3. The van der Waals surface area contributed by atoms with Gasteiger partial charge in [0.05, 0.1) is 20.3 Å². The molecule has 1 heterocycles. The average molecular weight is 265 g/mol. The van der Waals surface area contributed by atoms with Crippen LogP contribution in [0.15, 0.2) is 30.3 Å². The normalized spacial score (nSPS) is 21.6. The van der Waals surface area contributed by atoms with Crippen LogP contribution < -0.4 is 5.32 Å². The minimum atomic E-state index is -0.951. The second-order valence-electron chi connectivity index (χ2n) is 4.10. The minimum Gasteiger partial charge on any atom is -0.466 e. The first-order valence-electron chi connectivity index (χ1n) is 5.87. The molecule has 1 aromatic carbocycles. The van der Waals surface area contributed by atoms with Crippen LogP contribution in [-0.2, 0) is 25.6 Å². The zero-order valence-corrected chi connectivity index (χ0v) is 10.5. The van der Waals surface area contributed by atoms with Gasteiger partial charge in [-0.05, 0) is 5.56 Å². The van der Waals surface area contributed by atoms with Gasteiger partial charge in [-0.1, -0.05) is 30.3 Å². The fourth-order valence-corrected chi connectivity index (χ4v) is 1.79. The monoisotopic (exact) mass is 265 g/mol. The van der Waals surface area contributed by atoms with Crippen molar-refractivity contribution in [3.8, 4) is 0 Å². The Hall–Kier alpha value is -2.08.